The molecule has 0 spiro atoms. The van der Waals surface area contributed by atoms with Crippen molar-refractivity contribution < 1.29 is 12.6 Å². The van der Waals surface area contributed by atoms with Crippen molar-refractivity contribution in [2.24, 2.45) is 5.14 Å². The van der Waals surface area contributed by atoms with Crippen molar-refractivity contribution in [1.29, 1.82) is 0 Å². The summed E-state index contributed by atoms with van der Waals surface area (Å²) in [5.41, 5.74) is 0.677. The number of hydrogen-bond donors (Lipinski definition) is 1. The average molecular weight is 205 g/mol. The van der Waals surface area contributed by atoms with Gasteiger partial charge in [-0.25, -0.2) is 5.14 Å². The van der Waals surface area contributed by atoms with E-state index in [9.17, 15) is 8.42 Å². The number of hydrogen-bond acceptors (Lipinski definition) is 4. The second-order valence-electron chi connectivity index (χ2n) is 2.46. The lowest BCUT2D eigenvalue weighted by atomic mass is 10.4. The van der Waals surface area contributed by atoms with Crippen molar-refractivity contribution in [1.82, 2.24) is 9.78 Å². The maximum absolute atomic E-state index is 10.4. The fourth-order valence-corrected chi connectivity index (χ4v) is 1.10. The lowest BCUT2D eigenvalue weighted by molar-refractivity contribution is 0.308. The van der Waals surface area contributed by atoms with E-state index in [-0.39, 0.29) is 6.61 Å². The molecule has 0 aliphatic carbocycles. The summed E-state index contributed by atoms with van der Waals surface area (Å²) in [6, 6.07) is 0. The van der Waals surface area contributed by atoms with Gasteiger partial charge < -0.3 is 0 Å². The molecule has 0 bridgehead atoms. The first-order valence-electron chi connectivity index (χ1n) is 3.70. The summed E-state index contributed by atoms with van der Waals surface area (Å²) in [5, 5.41) is 8.58. The Morgan fingerprint density at radius 2 is 2.38 bits per heavy atom. The molecule has 1 aromatic heterocycles. The fourth-order valence-electron chi connectivity index (χ4n) is 0.804. The molecule has 0 unspecified atom stereocenters. The van der Waals surface area contributed by atoms with Crippen LogP contribution in [0.1, 0.15) is 12.5 Å². The molecular weight excluding hydrogens is 194 g/mol. The molecule has 0 aliphatic rings. The van der Waals surface area contributed by atoms with E-state index in [0.29, 0.717) is 5.56 Å². The zero-order chi connectivity index (χ0) is 9.90. The first kappa shape index (κ1) is 10.2. The molecule has 0 atom stereocenters. The van der Waals surface area contributed by atoms with Crippen molar-refractivity contribution in [3.05, 3.63) is 18.0 Å². The minimum atomic E-state index is -3.86. The van der Waals surface area contributed by atoms with E-state index in [4.69, 9.17) is 0 Å². The van der Waals surface area contributed by atoms with Gasteiger partial charge in [-0.3, -0.25) is 8.86 Å². The summed E-state index contributed by atoms with van der Waals surface area (Å²) < 4.78 is 26.9. The van der Waals surface area contributed by atoms with Crippen LogP contribution < -0.4 is 5.14 Å². The van der Waals surface area contributed by atoms with Gasteiger partial charge in [0.25, 0.3) is 0 Å². The van der Waals surface area contributed by atoms with Crippen molar-refractivity contribution in [2.75, 3.05) is 0 Å². The predicted octanol–water partition coefficient (Wildman–Crippen LogP) is -0.377. The first-order chi connectivity index (χ1) is 6.01. The predicted molar refractivity (Wildman–Crippen MR) is 45.8 cm³/mol. The lowest BCUT2D eigenvalue weighted by Gasteiger charge is -1.96. The number of aryl methyl sites for hydroxylation is 1. The first-order valence-corrected chi connectivity index (χ1v) is 5.17. The van der Waals surface area contributed by atoms with Gasteiger partial charge in [-0.05, 0) is 6.92 Å². The molecular formula is C6H11N3O3S. The number of nitrogens with two attached hydrogens (primary N) is 1. The van der Waals surface area contributed by atoms with Crippen LogP contribution in [0, 0.1) is 0 Å². The van der Waals surface area contributed by atoms with E-state index in [2.05, 4.69) is 14.4 Å². The zero-order valence-electron chi connectivity index (χ0n) is 7.17. The molecule has 1 rings (SSSR count). The number of aromatic nitrogens is 2. The van der Waals surface area contributed by atoms with Crippen LogP contribution in [-0.2, 0) is 27.6 Å². The molecule has 0 radical (unpaired) electrons. The summed E-state index contributed by atoms with van der Waals surface area (Å²) in [5.74, 6) is 0. The Labute approximate surface area is 76.6 Å². The van der Waals surface area contributed by atoms with Crippen LogP contribution in [0.15, 0.2) is 12.4 Å². The van der Waals surface area contributed by atoms with E-state index in [1.807, 2.05) is 6.92 Å². The third kappa shape index (κ3) is 3.53. The lowest BCUT2D eigenvalue weighted by Crippen LogP contribution is -2.15. The molecule has 1 heterocycles. The molecule has 0 amide bonds. The van der Waals surface area contributed by atoms with Gasteiger partial charge in [-0.15, -0.1) is 0 Å². The molecule has 2 N–H and O–H groups in total. The van der Waals surface area contributed by atoms with Crippen LogP contribution in [0.25, 0.3) is 0 Å². The summed E-state index contributed by atoms with van der Waals surface area (Å²) >= 11 is 0. The summed E-state index contributed by atoms with van der Waals surface area (Å²) in [7, 11) is -3.86. The van der Waals surface area contributed by atoms with E-state index >= 15 is 0 Å². The Balaban J connectivity index is 2.55. The van der Waals surface area contributed by atoms with Crippen molar-refractivity contribution in [2.45, 2.75) is 20.1 Å². The topological polar surface area (TPSA) is 87.2 Å². The highest BCUT2D eigenvalue weighted by Gasteiger charge is 2.04. The average Bonchev–Trinajstić information content (AvgIpc) is 2.47. The normalized spacial score (nSPS) is 11.8. The Kier molecular flexibility index (Phi) is 3.02. The molecule has 0 aromatic carbocycles. The van der Waals surface area contributed by atoms with Gasteiger partial charge >= 0.3 is 10.3 Å². The third-order valence-corrected chi connectivity index (χ3v) is 1.85. The van der Waals surface area contributed by atoms with Crippen LogP contribution in [0.2, 0.25) is 0 Å². The second kappa shape index (κ2) is 3.86. The van der Waals surface area contributed by atoms with Crippen molar-refractivity contribution >= 4 is 10.3 Å². The summed E-state index contributed by atoms with van der Waals surface area (Å²) in [6.45, 7) is 2.59. The van der Waals surface area contributed by atoms with Crippen LogP contribution in [0.5, 0.6) is 0 Å². The highest BCUT2D eigenvalue weighted by molar-refractivity contribution is 7.84. The molecule has 0 aliphatic heterocycles. The minimum Gasteiger partial charge on any atom is -0.273 e. The molecule has 6 nitrogen and oxygen atoms in total. The fraction of sp³-hybridized carbons (Fsp3) is 0.500. The van der Waals surface area contributed by atoms with Crippen molar-refractivity contribution in [3.63, 3.8) is 0 Å². The molecule has 0 fully saturated rings. The Morgan fingerprint density at radius 1 is 1.69 bits per heavy atom. The van der Waals surface area contributed by atoms with Crippen LogP contribution in [0.3, 0.4) is 0 Å². The van der Waals surface area contributed by atoms with E-state index in [0.717, 1.165) is 6.54 Å². The van der Waals surface area contributed by atoms with E-state index < -0.39 is 10.3 Å². The molecule has 0 saturated carbocycles. The second-order valence-corrected chi connectivity index (χ2v) is 3.68. The number of nitrogens with zero attached hydrogens (tertiary/aromatic N) is 2. The quantitative estimate of drug-likeness (QED) is 0.726. The van der Waals surface area contributed by atoms with Gasteiger partial charge in [0.15, 0.2) is 0 Å². The van der Waals surface area contributed by atoms with Gasteiger partial charge in [0.2, 0.25) is 0 Å². The van der Waals surface area contributed by atoms with Gasteiger partial charge in [-0.1, -0.05) is 0 Å². The van der Waals surface area contributed by atoms with Gasteiger partial charge in [0.1, 0.15) is 0 Å². The Morgan fingerprint density at radius 3 is 2.85 bits per heavy atom. The van der Waals surface area contributed by atoms with Crippen LogP contribution in [0.4, 0.5) is 0 Å². The largest absolute Gasteiger partial charge is 0.333 e. The van der Waals surface area contributed by atoms with Gasteiger partial charge in [0.05, 0.1) is 12.8 Å². The van der Waals surface area contributed by atoms with Gasteiger partial charge in [-0.2, -0.15) is 13.5 Å². The molecule has 0 saturated heterocycles. The standard InChI is InChI=1S/C6H11N3O3S/c1-2-9-4-6(3-8-9)5-12-13(7,10)11/h3-4H,2,5H2,1H3,(H2,7,10,11). The molecule has 13 heavy (non-hydrogen) atoms. The van der Waals surface area contributed by atoms with Crippen LogP contribution in [-0.4, -0.2) is 18.2 Å². The third-order valence-electron chi connectivity index (χ3n) is 1.40. The molecule has 1 aromatic rings. The number of rotatable bonds is 4. The highest BCUT2D eigenvalue weighted by atomic mass is 32.2. The molecule has 7 heteroatoms. The zero-order valence-corrected chi connectivity index (χ0v) is 7.99. The SMILES string of the molecule is CCn1cc(COS(N)(=O)=O)cn1. The monoisotopic (exact) mass is 205 g/mol. The smallest absolute Gasteiger partial charge is 0.273 e. The molecule has 74 valence electrons. The van der Waals surface area contributed by atoms with Crippen molar-refractivity contribution in [3.8, 4) is 0 Å². The highest BCUT2D eigenvalue weighted by Crippen LogP contribution is 2.01. The minimum absolute atomic E-state index is 0.0706. The van der Waals surface area contributed by atoms with E-state index in [1.54, 1.807) is 10.9 Å². The van der Waals surface area contributed by atoms with E-state index in [1.165, 1.54) is 6.20 Å². The maximum atomic E-state index is 10.4. The summed E-state index contributed by atoms with van der Waals surface area (Å²) in [6.07, 6.45) is 3.24. The maximum Gasteiger partial charge on any atom is 0.333 e. The van der Waals surface area contributed by atoms with Gasteiger partial charge in [0, 0.05) is 18.3 Å². The van der Waals surface area contributed by atoms with Crippen LogP contribution >= 0.6 is 0 Å². The Bertz CT molecular complexity index is 370. The summed E-state index contributed by atoms with van der Waals surface area (Å²) in [4.78, 5) is 0. The Hall–Kier alpha value is -0.920.